The van der Waals surface area contributed by atoms with Crippen molar-refractivity contribution < 1.29 is 9.53 Å². The van der Waals surface area contributed by atoms with Gasteiger partial charge in [0.15, 0.2) is 0 Å². The molecule has 0 radical (unpaired) electrons. The van der Waals surface area contributed by atoms with Crippen LogP contribution in [0, 0.1) is 19.3 Å². The van der Waals surface area contributed by atoms with Gasteiger partial charge in [-0.25, -0.2) is 4.98 Å². The molecule has 0 atom stereocenters. The van der Waals surface area contributed by atoms with Gasteiger partial charge in [-0.1, -0.05) is 56.7 Å². The number of benzene rings is 2. The first-order valence-corrected chi connectivity index (χ1v) is 13.8. The molecule has 1 amide bonds. The average Bonchev–Trinajstić information content (AvgIpc) is 3.27. The van der Waals surface area contributed by atoms with Crippen LogP contribution in [0.1, 0.15) is 44.0 Å². The van der Waals surface area contributed by atoms with E-state index in [2.05, 4.69) is 92.6 Å². The maximum Gasteiger partial charge on any atom is 0.223 e. The first-order valence-electron chi connectivity index (χ1n) is 13.8. The predicted molar refractivity (Wildman–Crippen MR) is 158 cm³/mol. The van der Waals surface area contributed by atoms with Gasteiger partial charge in [-0.2, -0.15) is 0 Å². The van der Waals surface area contributed by atoms with Gasteiger partial charge in [0.25, 0.3) is 0 Å². The summed E-state index contributed by atoms with van der Waals surface area (Å²) in [6.45, 7) is 14.6. The van der Waals surface area contributed by atoms with Crippen LogP contribution < -0.4 is 4.74 Å². The molecule has 0 bridgehead atoms. The highest BCUT2D eigenvalue weighted by Crippen LogP contribution is 2.31. The summed E-state index contributed by atoms with van der Waals surface area (Å²) in [4.78, 5) is 22.4. The van der Waals surface area contributed by atoms with Crippen molar-refractivity contribution in [3.05, 3.63) is 77.6 Å². The van der Waals surface area contributed by atoms with Gasteiger partial charge in [-0.15, -0.1) is 0 Å². The molecular weight excluding hydrogens is 484 g/mol. The highest BCUT2D eigenvalue weighted by molar-refractivity contribution is 5.77. The lowest BCUT2D eigenvalue weighted by molar-refractivity contribution is -0.134. The van der Waals surface area contributed by atoms with E-state index in [1.807, 2.05) is 17.0 Å². The number of amides is 1. The van der Waals surface area contributed by atoms with E-state index in [9.17, 15) is 4.79 Å². The van der Waals surface area contributed by atoms with E-state index in [0.717, 1.165) is 61.1 Å². The molecule has 2 aromatic carbocycles. The lowest BCUT2D eigenvalue weighted by atomic mass is 9.91. The predicted octanol–water partition coefficient (Wildman–Crippen LogP) is 6.37. The molecule has 0 saturated carbocycles. The molecule has 0 spiro atoms. The van der Waals surface area contributed by atoms with Crippen molar-refractivity contribution in [3.8, 4) is 28.1 Å². The number of hydrogen-bond donors (Lipinski definition) is 0. The number of nitrogens with zero attached hydrogens (tertiary/aromatic N) is 4. The van der Waals surface area contributed by atoms with E-state index in [4.69, 9.17) is 9.72 Å². The summed E-state index contributed by atoms with van der Waals surface area (Å²) in [7, 11) is 1.70. The van der Waals surface area contributed by atoms with Crippen LogP contribution in [0.4, 0.5) is 0 Å². The van der Waals surface area contributed by atoms with E-state index in [0.29, 0.717) is 6.42 Å². The summed E-state index contributed by atoms with van der Waals surface area (Å²) in [5.74, 6) is 1.07. The van der Waals surface area contributed by atoms with Gasteiger partial charge in [0.1, 0.15) is 11.4 Å². The third-order valence-electron chi connectivity index (χ3n) is 7.54. The minimum atomic E-state index is 0.00370. The Bertz CT molecular complexity index is 1490. The van der Waals surface area contributed by atoms with E-state index in [1.165, 1.54) is 22.3 Å². The number of hydrogen-bond acceptors (Lipinski definition) is 4. The van der Waals surface area contributed by atoms with Crippen molar-refractivity contribution in [2.75, 3.05) is 33.3 Å². The molecule has 1 saturated heterocycles. The fraction of sp³-hybridized carbons (Fsp3) is 0.394. The Balaban J connectivity index is 1.50. The third-order valence-corrected chi connectivity index (χ3v) is 7.54. The van der Waals surface area contributed by atoms with Crippen molar-refractivity contribution in [1.29, 1.82) is 0 Å². The van der Waals surface area contributed by atoms with Crippen LogP contribution in [0.15, 0.2) is 60.8 Å². The van der Waals surface area contributed by atoms with Gasteiger partial charge < -0.3 is 14.0 Å². The SMILES string of the molecule is COc1cccc(-c2nc3ccc(-c4cc(C)ccc4C)cn3c2CN2CCN(C(=O)CC(C)(C)C)CC2)c1. The average molecular weight is 525 g/mol. The van der Waals surface area contributed by atoms with Gasteiger partial charge in [-0.05, 0) is 60.2 Å². The molecule has 3 heterocycles. The van der Waals surface area contributed by atoms with Crippen molar-refractivity contribution in [1.82, 2.24) is 19.2 Å². The monoisotopic (exact) mass is 524 g/mol. The minimum Gasteiger partial charge on any atom is -0.497 e. The van der Waals surface area contributed by atoms with Crippen LogP contribution in [-0.2, 0) is 11.3 Å². The van der Waals surface area contributed by atoms with Crippen molar-refractivity contribution in [2.24, 2.45) is 5.41 Å². The van der Waals surface area contributed by atoms with E-state index in [-0.39, 0.29) is 11.3 Å². The maximum atomic E-state index is 12.8. The number of piperazine rings is 1. The van der Waals surface area contributed by atoms with Crippen molar-refractivity contribution in [3.63, 3.8) is 0 Å². The van der Waals surface area contributed by atoms with Gasteiger partial charge >= 0.3 is 0 Å². The fourth-order valence-electron chi connectivity index (χ4n) is 5.38. The van der Waals surface area contributed by atoms with E-state index >= 15 is 0 Å². The van der Waals surface area contributed by atoms with Gasteiger partial charge in [0.2, 0.25) is 5.91 Å². The summed E-state index contributed by atoms with van der Waals surface area (Å²) >= 11 is 0. The topological polar surface area (TPSA) is 50.1 Å². The molecule has 6 heteroatoms. The van der Waals surface area contributed by atoms with Gasteiger partial charge in [-0.3, -0.25) is 9.69 Å². The van der Waals surface area contributed by atoms with Crippen LogP contribution >= 0.6 is 0 Å². The first kappa shape index (κ1) is 26.9. The molecule has 0 unspecified atom stereocenters. The number of carbonyl (C=O) groups excluding carboxylic acids is 1. The number of imidazole rings is 1. The summed E-state index contributed by atoms with van der Waals surface area (Å²) in [5.41, 5.74) is 9.02. The Morgan fingerprint density at radius 3 is 2.44 bits per heavy atom. The third kappa shape index (κ3) is 6.01. The zero-order valence-corrected chi connectivity index (χ0v) is 24.1. The van der Waals surface area contributed by atoms with E-state index < -0.39 is 0 Å². The summed E-state index contributed by atoms with van der Waals surface area (Å²) in [5, 5.41) is 0. The smallest absolute Gasteiger partial charge is 0.223 e. The second-order valence-electron chi connectivity index (χ2n) is 12.0. The van der Waals surface area contributed by atoms with Crippen LogP contribution in [0.25, 0.3) is 28.0 Å². The second kappa shape index (κ2) is 10.9. The number of ether oxygens (including phenoxy) is 1. The number of aromatic nitrogens is 2. The number of aryl methyl sites for hydroxylation is 2. The number of fused-ring (bicyclic) bond motifs is 1. The highest BCUT2D eigenvalue weighted by atomic mass is 16.5. The van der Waals surface area contributed by atoms with Crippen molar-refractivity contribution >= 4 is 11.6 Å². The molecule has 5 rings (SSSR count). The molecule has 2 aromatic heterocycles. The molecule has 6 nitrogen and oxygen atoms in total. The Morgan fingerprint density at radius 1 is 0.949 bits per heavy atom. The maximum absolute atomic E-state index is 12.8. The van der Waals surface area contributed by atoms with E-state index in [1.54, 1.807) is 7.11 Å². The molecule has 39 heavy (non-hydrogen) atoms. The zero-order chi connectivity index (χ0) is 27.7. The molecule has 0 aliphatic carbocycles. The Kier molecular flexibility index (Phi) is 7.50. The summed E-state index contributed by atoms with van der Waals surface area (Å²) < 4.78 is 7.78. The molecule has 0 N–H and O–H groups in total. The Labute approximate surface area is 232 Å². The number of methoxy groups -OCH3 is 1. The molecule has 1 fully saturated rings. The first-order chi connectivity index (χ1) is 18.6. The number of carbonyl (C=O) groups is 1. The zero-order valence-electron chi connectivity index (χ0n) is 24.1. The molecule has 204 valence electrons. The van der Waals surface area contributed by atoms with Crippen molar-refractivity contribution in [2.45, 2.75) is 47.6 Å². The summed E-state index contributed by atoms with van der Waals surface area (Å²) in [6, 6.07) is 19.0. The van der Waals surface area contributed by atoms with Crippen LogP contribution in [0.3, 0.4) is 0 Å². The standard InChI is InChI=1S/C33H40N4O2/c1-23-10-11-24(2)28(18-23)26-12-13-30-34-32(25-8-7-9-27(19-25)39-6)29(37(30)21-26)22-35-14-16-36(17-15-35)31(38)20-33(3,4)5/h7-13,18-19,21H,14-17,20,22H2,1-6H3. The van der Waals surface area contributed by atoms with Gasteiger partial charge in [0, 0.05) is 50.9 Å². The second-order valence-corrected chi connectivity index (χ2v) is 12.0. The molecule has 1 aliphatic rings. The summed E-state index contributed by atoms with van der Waals surface area (Å²) in [6.07, 6.45) is 2.81. The van der Waals surface area contributed by atoms with Crippen LogP contribution in [-0.4, -0.2) is 58.4 Å². The molecule has 4 aromatic rings. The number of pyridine rings is 1. The number of rotatable bonds is 6. The Hall–Kier alpha value is -3.64. The Morgan fingerprint density at radius 2 is 1.72 bits per heavy atom. The van der Waals surface area contributed by atoms with Crippen LogP contribution in [0.5, 0.6) is 5.75 Å². The highest BCUT2D eigenvalue weighted by Gasteiger charge is 2.26. The normalized spacial score (nSPS) is 14.7. The molecule has 1 aliphatic heterocycles. The quantitative estimate of drug-likeness (QED) is 0.294. The van der Waals surface area contributed by atoms with Gasteiger partial charge in [0.05, 0.1) is 18.5 Å². The minimum absolute atomic E-state index is 0.00370. The largest absolute Gasteiger partial charge is 0.497 e. The van der Waals surface area contributed by atoms with Crippen LogP contribution in [0.2, 0.25) is 0 Å². The fourth-order valence-corrected chi connectivity index (χ4v) is 5.38. The lowest BCUT2D eigenvalue weighted by Gasteiger charge is -2.36. The lowest BCUT2D eigenvalue weighted by Crippen LogP contribution is -2.49. The molecular formula is C33H40N4O2.